The van der Waals surface area contributed by atoms with Gasteiger partial charge in [0.25, 0.3) is 0 Å². The monoisotopic (exact) mass is 370 g/mol. The van der Waals surface area contributed by atoms with Crippen LogP contribution in [0.2, 0.25) is 0 Å². The molecule has 138 valence electrons. The van der Waals surface area contributed by atoms with Gasteiger partial charge >= 0.3 is 0 Å². The van der Waals surface area contributed by atoms with Crippen LogP contribution in [-0.2, 0) is 25.3 Å². The van der Waals surface area contributed by atoms with Crippen molar-refractivity contribution in [3.05, 3.63) is 35.6 Å². The maximum atomic E-state index is 13.0. The van der Waals surface area contributed by atoms with Crippen molar-refractivity contribution in [1.82, 2.24) is 9.21 Å². The number of carbonyl (C=O) groups excluding carboxylic acids is 1. The first-order chi connectivity index (χ1) is 11.9. The number of ether oxygens (including phenoxy) is 1. The normalized spacial score (nSPS) is 24.6. The van der Waals surface area contributed by atoms with E-state index in [-0.39, 0.29) is 30.2 Å². The number of benzene rings is 1. The molecule has 3 aliphatic rings. The van der Waals surface area contributed by atoms with Crippen LogP contribution in [0.15, 0.2) is 24.3 Å². The number of sulfonamides is 1. The van der Waals surface area contributed by atoms with Crippen LogP contribution in [0.3, 0.4) is 0 Å². The molecule has 1 amide bonds. The highest BCUT2D eigenvalue weighted by atomic mass is 32.2. The van der Waals surface area contributed by atoms with E-state index in [1.807, 2.05) is 0 Å². The standard InChI is InChI=1S/C17H23FN2O4S/c1-24-9-8-20-16-7-4-14(17(20)21)10-19(11-16)25(22,23)12-13-2-5-15(18)6-3-13/h2-3,5-6,14,16H,4,7-12H2,1H3/t14-,16+/m0/s1. The molecule has 0 spiro atoms. The Kier molecular flexibility index (Phi) is 5.41. The Labute approximate surface area is 147 Å². The zero-order valence-corrected chi connectivity index (χ0v) is 15.0. The van der Waals surface area contributed by atoms with Gasteiger partial charge in [0.15, 0.2) is 0 Å². The molecule has 3 fully saturated rings. The van der Waals surface area contributed by atoms with Crippen molar-refractivity contribution in [3.63, 3.8) is 0 Å². The second-order valence-corrected chi connectivity index (χ2v) is 8.62. The Morgan fingerprint density at radius 2 is 1.92 bits per heavy atom. The Hall–Kier alpha value is -1.51. The van der Waals surface area contributed by atoms with Crippen LogP contribution in [0.5, 0.6) is 0 Å². The molecule has 2 atom stereocenters. The third kappa shape index (κ3) is 4.02. The van der Waals surface area contributed by atoms with Gasteiger partial charge in [-0.1, -0.05) is 12.1 Å². The molecular weight excluding hydrogens is 347 g/mol. The van der Waals surface area contributed by atoms with Crippen LogP contribution in [-0.4, -0.2) is 62.9 Å². The molecule has 0 radical (unpaired) electrons. The Morgan fingerprint density at radius 1 is 1.20 bits per heavy atom. The van der Waals surface area contributed by atoms with E-state index in [2.05, 4.69) is 0 Å². The van der Waals surface area contributed by atoms with Gasteiger partial charge in [-0.2, -0.15) is 4.31 Å². The minimum absolute atomic E-state index is 0.0211. The molecule has 8 heteroatoms. The first kappa shape index (κ1) is 18.3. The molecule has 2 bridgehead atoms. The van der Waals surface area contributed by atoms with Gasteiger partial charge in [-0.3, -0.25) is 4.79 Å². The Balaban J connectivity index is 1.76. The van der Waals surface area contributed by atoms with Crippen molar-refractivity contribution < 1.29 is 22.3 Å². The Morgan fingerprint density at radius 3 is 2.60 bits per heavy atom. The van der Waals surface area contributed by atoms with Crippen molar-refractivity contribution in [1.29, 1.82) is 0 Å². The van der Waals surface area contributed by atoms with E-state index in [1.54, 1.807) is 12.0 Å². The number of amides is 1. The smallest absolute Gasteiger partial charge is 0.227 e. The minimum Gasteiger partial charge on any atom is -0.383 e. The lowest BCUT2D eigenvalue weighted by Crippen LogP contribution is -2.49. The molecular formula is C17H23FN2O4S. The van der Waals surface area contributed by atoms with Crippen LogP contribution < -0.4 is 0 Å². The van der Waals surface area contributed by atoms with Crippen molar-refractivity contribution in [2.75, 3.05) is 33.4 Å². The quantitative estimate of drug-likeness (QED) is 0.755. The number of halogens is 1. The highest BCUT2D eigenvalue weighted by Gasteiger charge is 2.43. The lowest BCUT2D eigenvalue weighted by Gasteiger charge is -2.35. The maximum absolute atomic E-state index is 13.0. The van der Waals surface area contributed by atoms with E-state index in [9.17, 15) is 17.6 Å². The summed E-state index contributed by atoms with van der Waals surface area (Å²) in [6, 6.07) is 5.37. The molecule has 3 aliphatic heterocycles. The van der Waals surface area contributed by atoms with E-state index in [0.29, 0.717) is 25.3 Å². The summed E-state index contributed by atoms with van der Waals surface area (Å²) < 4.78 is 45.1. The second-order valence-electron chi connectivity index (χ2n) is 6.65. The number of methoxy groups -OCH3 is 1. The molecule has 0 saturated carbocycles. The van der Waals surface area contributed by atoms with Crippen LogP contribution in [0.1, 0.15) is 18.4 Å². The molecule has 3 saturated heterocycles. The first-order valence-corrected chi connectivity index (χ1v) is 10.0. The zero-order chi connectivity index (χ0) is 18.0. The first-order valence-electron chi connectivity index (χ1n) is 8.42. The van der Waals surface area contributed by atoms with E-state index < -0.39 is 15.8 Å². The summed E-state index contributed by atoms with van der Waals surface area (Å²) >= 11 is 0. The van der Waals surface area contributed by atoms with Gasteiger partial charge < -0.3 is 9.64 Å². The highest BCUT2D eigenvalue weighted by molar-refractivity contribution is 7.88. The van der Waals surface area contributed by atoms with Gasteiger partial charge in [0, 0.05) is 32.8 Å². The molecule has 1 aromatic carbocycles. The van der Waals surface area contributed by atoms with Crippen LogP contribution in [0, 0.1) is 11.7 Å². The molecule has 3 heterocycles. The molecule has 0 unspecified atom stereocenters. The Bertz CT molecular complexity index is 723. The summed E-state index contributed by atoms with van der Waals surface area (Å²) in [4.78, 5) is 14.4. The van der Waals surface area contributed by atoms with E-state index in [1.165, 1.54) is 28.6 Å². The van der Waals surface area contributed by atoms with E-state index in [4.69, 9.17) is 4.74 Å². The average molecular weight is 370 g/mol. The number of rotatable bonds is 6. The number of piperidine rings is 1. The summed E-state index contributed by atoms with van der Waals surface area (Å²) in [5, 5.41) is 0. The molecule has 1 aromatic rings. The number of carbonyl (C=O) groups is 1. The van der Waals surface area contributed by atoms with Gasteiger partial charge in [-0.25, -0.2) is 12.8 Å². The maximum Gasteiger partial charge on any atom is 0.227 e. The topological polar surface area (TPSA) is 66.9 Å². The van der Waals surface area contributed by atoms with Gasteiger partial charge in [0.05, 0.1) is 18.3 Å². The van der Waals surface area contributed by atoms with Crippen molar-refractivity contribution in [3.8, 4) is 0 Å². The molecule has 25 heavy (non-hydrogen) atoms. The average Bonchev–Trinajstić information content (AvgIpc) is 2.87. The lowest BCUT2D eigenvalue weighted by molar-refractivity contribution is -0.140. The SMILES string of the molecule is COCCN1C(=O)[C@H]2CC[C@@H]1CN(S(=O)(=O)Cc1ccc(F)cc1)C2. The third-order valence-corrected chi connectivity index (χ3v) is 6.73. The fourth-order valence-electron chi connectivity index (χ4n) is 3.59. The highest BCUT2D eigenvalue weighted by Crippen LogP contribution is 2.31. The van der Waals surface area contributed by atoms with Gasteiger partial charge in [-0.15, -0.1) is 0 Å². The fourth-order valence-corrected chi connectivity index (χ4v) is 5.20. The van der Waals surface area contributed by atoms with Crippen LogP contribution in [0.25, 0.3) is 0 Å². The summed E-state index contributed by atoms with van der Waals surface area (Å²) in [6.45, 7) is 1.47. The largest absolute Gasteiger partial charge is 0.383 e. The number of fused-ring (bicyclic) bond motifs is 4. The van der Waals surface area contributed by atoms with E-state index >= 15 is 0 Å². The van der Waals surface area contributed by atoms with E-state index in [0.717, 1.165) is 12.8 Å². The van der Waals surface area contributed by atoms with Gasteiger partial charge in [0.2, 0.25) is 15.9 Å². The number of hydrogen-bond donors (Lipinski definition) is 0. The number of hydrogen-bond acceptors (Lipinski definition) is 4. The third-order valence-electron chi connectivity index (χ3n) is 4.95. The minimum atomic E-state index is -3.57. The van der Waals surface area contributed by atoms with Crippen molar-refractivity contribution in [2.24, 2.45) is 5.92 Å². The van der Waals surface area contributed by atoms with Crippen molar-refractivity contribution >= 4 is 15.9 Å². The molecule has 0 N–H and O–H groups in total. The van der Waals surface area contributed by atoms with Crippen molar-refractivity contribution in [2.45, 2.75) is 24.6 Å². The molecule has 4 rings (SSSR count). The second kappa shape index (κ2) is 7.39. The fraction of sp³-hybridized carbons (Fsp3) is 0.588. The molecule has 0 aromatic heterocycles. The molecule has 6 nitrogen and oxygen atoms in total. The summed E-state index contributed by atoms with van der Waals surface area (Å²) in [7, 11) is -1.98. The van der Waals surface area contributed by atoms with Crippen LogP contribution in [0.4, 0.5) is 4.39 Å². The predicted octanol–water partition coefficient (Wildman–Crippen LogP) is 1.22. The predicted molar refractivity (Wildman–Crippen MR) is 90.7 cm³/mol. The summed E-state index contributed by atoms with van der Waals surface area (Å²) in [5.41, 5.74) is 0.542. The molecule has 0 aliphatic carbocycles. The summed E-state index contributed by atoms with van der Waals surface area (Å²) in [5.74, 6) is -0.848. The van der Waals surface area contributed by atoms with Gasteiger partial charge in [-0.05, 0) is 30.5 Å². The summed E-state index contributed by atoms with van der Waals surface area (Å²) in [6.07, 6.45) is 1.53. The zero-order valence-electron chi connectivity index (χ0n) is 14.2. The lowest BCUT2D eigenvalue weighted by atomic mass is 9.94. The van der Waals surface area contributed by atoms with Crippen LogP contribution >= 0.6 is 0 Å². The van der Waals surface area contributed by atoms with Gasteiger partial charge in [0.1, 0.15) is 5.82 Å². The number of nitrogens with zero attached hydrogens (tertiary/aromatic N) is 2.